The Bertz CT molecular complexity index is 598. The van der Waals surface area contributed by atoms with E-state index in [1.54, 1.807) is 0 Å². The molecular formula is C14H17ClN2. The molecule has 1 aromatic heterocycles. The van der Waals surface area contributed by atoms with Crippen molar-refractivity contribution in [2.75, 3.05) is 6.54 Å². The second-order valence-corrected chi connectivity index (χ2v) is 5.40. The molecule has 2 heterocycles. The van der Waals surface area contributed by atoms with Gasteiger partial charge in [-0.1, -0.05) is 17.7 Å². The summed E-state index contributed by atoms with van der Waals surface area (Å²) in [7, 11) is 0. The van der Waals surface area contributed by atoms with Crippen LogP contribution in [0, 0.1) is 13.8 Å². The Morgan fingerprint density at radius 1 is 1.29 bits per heavy atom. The van der Waals surface area contributed by atoms with Crippen LogP contribution < -0.4 is 5.32 Å². The third-order valence-corrected chi connectivity index (χ3v) is 4.32. The van der Waals surface area contributed by atoms with Gasteiger partial charge < -0.3 is 9.88 Å². The zero-order valence-corrected chi connectivity index (χ0v) is 11.2. The van der Waals surface area contributed by atoms with Gasteiger partial charge in [0, 0.05) is 35.2 Å². The van der Waals surface area contributed by atoms with Gasteiger partial charge in [-0.05, 0) is 38.0 Å². The first-order valence-corrected chi connectivity index (χ1v) is 6.48. The number of aromatic nitrogens is 1. The van der Waals surface area contributed by atoms with E-state index in [0.29, 0.717) is 6.04 Å². The molecule has 0 amide bonds. The number of halogens is 1. The first-order valence-electron chi connectivity index (χ1n) is 6.10. The third-order valence-electron chi connectivity index (χ3n) is 3.91. The van der Waals surface area contributed by atoms with E-state index in [-0.39, 0.29) is 0 Å². The van der Waals surface area contributed by atoms with E-state index in [1.165, 1.54) is 27.7 Å². The molecule has 0 spiro atoms. The van der Waals surface area contributed by atoms with Crippen molar-refractivity contribution in [3.63, 3.8) is 0 Å². The van der Waals surface area contributed by atoms with Crippen molar-refractivity contribution in [1.29, 1.82) is 0 Å². The molecule has 3 rings (SSSR count). The minimum absolute atomic E-state index is 0.493. The molecule has 3 heteroatoms. The molecule has 1 atom stereocenters. The Morgan fingerprint density at radius 2 is 2.06 bits per heavy atom. The summed E-state index contributed by atoms with van der Waals surface area (Å²) < 4.78 is 2.46. The highest BCUT2D eigenvalue weighted by atomic mass is 35.5. The Morgan fingerprint density at radius 3 is 2.82 bits per heavy atom. The number of aryl methyl sites for hydroxylation is 2. The summed E-state index contributed by atoms with van der Waals surface area (Å²) in [6, 6.07) is 4.65. The van der Waals surface area contributed by atoms with Crippen LogP contribution in [-0.4, -0.2) is 11.1 Å². The average Bonchev–Trinajstić information content (AvgIpc) is 2.60. The molecule has 1 N–H and O–H groups in total. The summed E-state index contributed by atoms with van der Waals surface area (Å²) >= 11 is 6.26. The van der Waals surface area contributed by atoms with Gasteiger partial charge in [0.1, 0.15) is 0 Å². The predicted octanol–water partition coefficient (Wildman–Crippen LogP) is 3.58. The van der Waals surface area contributed by atoms with Gasteiger partial charge in [0.25, 0.3) is 0 Å². The van der Waals surface area contributed by atoms with E-state index in [0.717, 1.165) is 18.1 Å². The first-order chi connectivity index (χ1) is 8.11. The Hall–Kier alpha value is -0.990. The van der Waals surface area contributed by atoms with Crippen molar-refractivity contribution in [2.24, 2.45) is 0 Å². The molecular weight excluding hydrogens is 232 g/mol. The maximum Gasteiger partial charge on any atom is 0.0533 e. The lowest BCUT2D eigenvalue weighted by molar-refractivity contribution is 0.437. The van der Waals surface area contributed by atoms with Gasteiger partial charge in [0.15, 0.2) is 0 Å². The number of benzene rings is 1. The third kappa shape index (κ3) is 1.44. The van der Waals surface area contributed by atoms with Crippen LogP contribution in [0.2, 0.25) is 5.02 Å². The molecule has 17 heavy (non-hydrogen) atoms. The average molecular weight is 249 g/mol. The van der Waals surface area contributed by atoms with Crippen LogP contribution in [0.3, 0.4) is 0 Å². The summed E-state index contributed by atoms with van der Waals surface area (Å²) in [6.07, 6.45) is 0. The van der Waals surface area contributed by atoms with E-state index in [4.69, 9.17) is 11.6 Å². The number of hydrogen-bond donors (Lipinski definition) is 1. The number of nitrogens with one attached hydrogen (secondary N) is 1. The number of nitrogens with zero attached hydrogens (tertiary/aromatic N) is 1. The van der Waals surface area contributed by atoms with Crippen LogP contribution in [0.5, 0.6) is 0 Å². The van der Waals surface area contributed by atoms with Crippen LogP contribution >= 0.6 is 11.6 Å². The smallest absolute Gasteiger partial charge is 0.0533 e. The van der Waals surface area contributed by atoms with E-state index >= 15 is 0 Å². The Balaban J connectivity index is 2.46. The second-order valence-electron chi connectivity index (χ2n) is 4.99. The molecule has 90 valence electrons. The maximum absolute atomic E-state index is 6.26. The lowest BCUT2D eigenvalue weighted by atomic mass is 10.1. The van der Waals surface area contributed by atoms with Crippen LogP contribution in [0.25, 0.3) is 10.9 Å². The standard InChI is InChI=1S/C14H17ClN2/c1-8-6-16-7-13-9(2)11-4-5-12(15)10(3)14(11)17(8)13/h4-5,8,16H,6-7H2,1-3H3/t8-/m1/s1. The molecule has 0 aliphatic carbocycles. The predicted molar refractivity (Wildman–Crippen MR) is 72.8 cm³/mol. The molecule has 2 nitrogen and oxygen atoms in total. The summed E-state index contributed by atoms with van der Waals surface area (Å²) in [5, 5.41) is 5.68. The molecule has 0 saturated heterocycles. The highest BCUT2D eigenvalue weighted by Gasteiger charge is 2.23. The molecule has 0 saturated carbocycles. The molecule has 1 aliphatic rings. The van der Waals surface area contributed by atoms with Crippen LogP contribution in [-0.2, 0) is 6.54 Å². The van der Waals surface area contributed by atoms with Crippen molar-refractivity contribution in [1.82, 2.24) is 9.88 Å². The quantitative estimate of drug-likeness (QED) is 0.754. The lowest BCUT2D eigenvalue weighted by Crippen LogP contribution is -2.31. The summed E-state index contributed by atoms with van der Waals surface area (Å²) in [5.74, 6) is 0. The molecule has 0 radical (unpaired) electrons. The monoisotopic (exact) mass is 248 g/mol. The van der Waals surface area contributed by atoms with E-state index < -0.39 is 0 Å². The molecule has 1 aliphatic heterocycles. The second kappa shape index (κ2) is 3.76. The Labute approximate surface area is 107 Å². The summed E-state index contributed by atoms with van der Waals surface area (Å²) in [6.45, 7) is 8.58. The lowest BCUT2D eigenvalue weighted by Gasteiger charge is -2.25. The molecule has 1 aromatic carbocycles. The van der Waals surface area contributed by atoms with E-state index in [2.05, 4.69) is 36.7 Å². The minimum Gasteiger partial charge on any atom is -0.339 e. The number of hydrogen-bond acceptors (Lipinski definition) is 1. The van der Waals surface area contributed by atoms with Crippen LogP contribution in [0.4, 0.5) is 0 Å². The number of rotatable bonds is 0. The Kier molecular flexibility index (Phi) is 2.46. The molecule has 0 fully saturated rings. The molecule has 0 bridgehead atoms. The van der Waals surface area contributed by atoms with E-state index in [1.807, 2.05) is 6.07 Å². The fraction of sp³-hybridized carbons (Fsp3) is 0.429. The highest BCUT2D eigenvalue weighted by molar-refractivity contribution is 6.32. The van der Waals surface area contributed by atoms with Gasteiger partial charge in [0.05, 0.1) is 5.52 Å². The van der Waals surface area contributed by atoms with Gasteiger partial charge in [-0.15, -0.1) is 0 Å². The first kappa shape index (κ1) is 11.1. The molecule has 0 unspecified atom stereocenters. The zero-order chi connectivity index (χ0) is 12.2. The van der Waals surface area contributed by atoms with Gasteiger partial charge in [0.2, 0.25) is 0 Å². The fourth-order valence-corrected chi connectivity index (χ4v) is 3.11. The number of fused-ring (bicyclic) bond motifs is 3. The summed E-state index contributed by atoms with van der Waals surface area (Å²) in [4.78, 5) is 0. The largest absolute Gasteiger partial charge is 0.339 e. The SMILES string of the molecule is Cc1c2n(c3c(C)c(Cl)ccc13)[C@H](C)CNC2. The van der Waals surface area contributed by atoms with Crippen molar-refractivity contribution < 1.29 is 0 Å². The van der Waals surface area contributed by atoms with Crippen molar-refractivity contribution >= 4 is 22.5 Å². The summed E-state index contributed by atoms with van der Waals surface area (Å²) in [5.41, 5.74) is 5.31. The van der Waals surface area contributed by atoms with E-state index in [9.17, 15) is 0 Å². The van der Waals surface area contributed by atoms with Crippen molar-refractivity contribution in [3.05, 3.63) is 34.0 Å². The topological polar surface area (TPSA) is 17.0 Å². The van der Waals surface area contributed by atoms with Crippen LogP contribution in [0.1, 0.15) is 29.8 Å². The minimum atomic E-state index is 0.493. The normalized spacial score (nSPS) is 19.6. The van der Waals surface area contributed by atoms with Crippen LogP contribution in [0.15, 0.2) is 12.1 Å². The van der Waals surface area contributed by atoms with Crippen molar-refractivity contribution in [2.45, 2.75) is 33.4 Å². The fourth-order valence-electron chi connectivity index (χ4n) is 2.95. The van der Waals surface area contributed by atoms with Gasteiger partial charge in [-0.3, -0.25) is 0 Å². The van der Waals surface area contributed by atoms with Gasteiger partial charge in [-0.2, -0.15) is 0 Å². The molecule has 2 aromatic rings. The zero-order valence-electron chi connectivity index (χ0n) is 10.5. The van der Waals surface area contributed by atoms with Gasteiger partial charge >= 0.3 is 0 Å². The highest BCUT2D eigenvalue weighted by Crippen LogP contribution is 2.35. The maximum atomic E-state index is 6.26. The van der Waals surface area contributed by atoms with Crippen molar-refractivity contribution in [3.8, 4) is 0 Å². The van der Waals surface area contributed by atoms with Gasteiger partial charge in [-0.25, -0.2) is 0 Å².